The van der Waals surface area contributed by atoms with E-state index >= 15 is 0 Å². The number of aromatic hydroxyl groups is 1. The average Bonchev–Trinajstić information content (AvgIpc) is 2.94. The Morgan fingerprint density at radius 3 is 2.44 bits per heavy atom. The highest BCUT2D eigenvalue weighted by Crippen LogP contribution is 2.38. The predicted octanol–water partition coefficient (Wildman–Crippen LogP) is 5.11. The highest BCUT2D eigenvalue weighted by Gasteiger charge is 2.29. The molecule has 1 aliphatic heterocycles. The first-order valence-electron chi connectivity index (χ1n) is 9.80. The van der Waals surface area contributed by atoms with Crippen LogP contribution in [0.3, 0.4) is 0 Å². The van der Waals surface area contributed by atoms with Gasteiger partial charge in [-0.25, -0.2) is 0 Å². The molecule has 3 N–H and O–H groups in total. The maximum Gasteiger partial charge on any atom is 0.252 e. The average molecular weight is 444 g/mol. The summed E-state index contributed by atoms with van der Waals surface area (Å²) >= 11 is 5.93. The number of phenols is 1. The summed E-state index contributed by atoms with van der Waals surface area (Å²) in [7, 11) is 0. The van der Waals surface area contributed by atoms with Gasteiger partial charge in [-0.3, -0.25) is 9.59 Å². The lowest BCUT2D eigenvalue weighted by Gasteiger charge is -2.21. The molecular weight excluding hydrogens is 426 g/mol. The molecule has 0 amide bonds. The maximum atomic E-state index is 12.9. The van der Waals surface area contributed by atoms with E-state index in [2.05, 4.69) is 10.6 Å². The summed E-state index contributed by atoms with van der Waals surface area (Å²) in [5.41, 5.74) is 3.78. The van der Waals surface area contributed by atoms with Crippen LogP contribution in [0.2, 0.25) is 0 Å². The quantitative estimate of drug-likeness (QED) is 0.382. The normalized spacial score (nSPS) is 15.0. The Balaban J connectivity index is 1.79. The summed E-state index contributed by atoms with van der Waals surface area (Å²) in [4.78, 5) is 25.2. The van der Waals surface area contributed by atoms with Gasteiger partial charge in [-0.2, -0.15) is 5.26 Å². The van der Waals surface area contributed by atoms with Gasteiger partial charge < -0.3 is 15.7 Å². The maximum absolute atomic E-state index is 12.9. The van der Waals surface area contributed by atoms with E-state index in [0.717, 1.165) is 0 Å². The van der Waals surface area contributed by atoms with Crippen LogP contribution in [0.5, 0.6) is 5.75 Å². The summed E-state index contributed by atoms with van der Waals surface area (Å²) in [6.45, 7) is 1.72. The Hall–Kier alpha value is -4.08. The van der Waals surface area contributed by atoms with Gasteiger partial charge in [-0.1, -0.05) is 36.4 Å². The molecule has 0 saturated heterocycles. The van der Waals surface area contributed by atoms with Gasteiger partial charge in [0.1, 0.15) is 11.8 Å². The van der Waals surface area contributed by atoms with E-state index in [1.54, 1.807) is 55.5 Å². The van der Waals surface area contributed by atoms with Crippen molar-refractivity contribution >= 4 is 34.0 Å². The van der Waals surface area contributed by atoms with Crippen LogP contribution in [0.15, 0.2) is 78.0 Å². The molecule has 3 aromatic rings. The number of fused-ring (bicyclic) bond motifs is 1. The first kappa shape index (κ1) is 21.2. The number of nitrogens with one attached hydrogen (secondary N) is 2. The van der Waals surface area contributed by atoms with E-state index < -0.39 is 11.3 Å². The van der Waals surface area contributed by atoms with Gasteiger partial charge in [-0.05, 0) is 54.4 Å². The lowest BCUT2D eigenvalue weighted by Crippen LogP contribution is -2.17. The van der Waals surface area contributed by atoms with Gasteiger partial charge in [0.15, 0.2) is 5.78 Å². The minimum atomic E-state index is -0.669. The number of hydrogen-bond acceptors (Lipinski definition) is 6. The second-order valence-corrected chi connectivity index (χ2v) is 7.70. The fourth-order valence-electron chi connectivity index (χ4n) is 3.72. The van der Waals surface area contributed by atoms with Crippen molar-refractivity contribution in [2.24, 2.45) is 0 Å². The largest absolute Gasteiger partial charge is 0.507 e. The number of rotatable bonds is 4. The minimum Gasteiger partial charge on any atom is -0.507 e. The van der Waals surface area contributed by atoms with Gasteiger partial charge in [0.2, 0.25) is 0 Å². The number of nitrogens with zero attached hydrogens (tertiary/aromatic N) is 1. The standard InChI is InChI=1S/C25H18ClN3O3/c1-14-22(25(26)32)23(16-8-10-21(30)18(11-16)13-27)29-19-9-7-17(12-20(19)28-14)24(31)15-5-3-2-4-6-15/h2-12,23,28-30H,1H3. The molecule has 1 heterocycles. The SMILES string of the molecule is CC1=C(C(=O)Cl)C(c2ccc(O)c(C#N)c2)Nc2ccc(C(=O)c3ccccc3)cc2N1. The zero-order chi connectivity index (χ0) is 22.8. The molecule has 0 aliphatic carbocycles. The van der Waals surface area contributed by atoms with Gasteiger partial charge >= 0.3 is 0 Å². The molecule has 1 aliphatic rings. The zero-order valence-corrected chi connectivity index (χ0v) is 17.8. The number of carbonyl (C=O) groups is 2. The second kappa shape index (κ2) is 8.58. The zero-order valence-electron chi connectivity index (χ0n) is 17.0. The van der Waals surface area contributed by atoms with Crippen molar-refractivity contribution in [1.29, 1.82) is 5.26 Å². The second-order valence-electron chi connectivity index (χ2n) is 7.36. The minimum absolute atomic E-state index is 0.0876. The monoisotopic (exact) mass is 443 g/mol. The summed E-state index contributed by atoms with van der Waals surface area (Å²) in [6.07, 6.45) is 0. The molecule has 4 rings (SSSR count). The lowest BCUT2D eigenvalue weighted by molar-refractivity contribution is -0.108. The fraction of sp³-hybridized carbons (Fsp3) is 0.0800. The van der Waals surface area contributed by atoms with Crippen molar-refractivity contribution in [2.45, 2.75) is 13.0 Å². The van der Waals surface area contributed by atoms with E-state index in [9.17, 15) is 20.0 Å². The molecular formula is C25H18ClN3O3. The highest BCUT2D eigenvalue weighted by molar-refractivity contribution is 6.68. The number of benzene rings is 3. The van der Waals surface area contributed by atoms with Crippen LogP contribution in [-0.4, -0.2) is 16.1 Å². The van der Waals surface area contributed by atoms with Crippen molar-refractivity contribution in [3.8, 4) is 11.8 Å². The number of hydrogen-bond donors (Lipinski definition) is 3. The molecule has 3 aromatic carbocycles. The van der Waals surface area contributed by atoms with E-state index in [0.29, 0.717) is 33.8 Å². The Bertz CT molecular complexity index is 1310. The molecule has 6 nitrogen and oxygen atoms in total. The number of phenolic OH excluding ortho intramolecular Hbond substituents is 1. The van der Waals surface area contributed by atoms with Crippen molar-refractivity contribution in [3.63, 3.8) is 0 Å². The third kappa shape index (κ3) is 3.94. The van der Waals surface area contributed by atoms with Crippen LogP contribution in [0.4, 0.5) is 11.4 Å². The molecule has 0 aromatic heterocycles. The summed E-state index contributed by atoms with van der Waals surface area (Å²) in [5, 5.41) is 24.9. The Morgan fingerprint density at radius 1 is 1.00 bits per heavy atom. The van der Waals surface area contributed by atoms with Crippen molar-refractivity contribution in [1.82, 2.24) is 0 Å². The molecule has 1 unspecified atom stereocenters. The predicted molar refractivity (Wildman–Crippen MR) is 123 cm³/mol. The number of ketones is 1. The first-order valence-corrected chi connectivity index (χ1v) is 10.2. The molecule has 0 radical (unpaired) electrons. The number of anilines is 2. The van der Waals surface area contributed by atoms with E-state index in [-0.39, 0.29) is 22.7 Å². The van der Waals surface area contributed by atoms with Gasteiger partial charge in [0.05, 0.1) is 28.6 Å². The van der Waals surface area contributed by atoms with Crippen LogP contribution in [0.1, 0.15) is 40.0 Å². The number of allylic oxidation sites excluding steroid dienone is 1. The molecule has 0 spiro atoms. The van der Waals surface area contributed by atoms with Gasteiger partial charge in [0.25, 0.3) is 5.24 Å². The smallest absolute Gasteiger partial charge is 0.252 e. The molecule has 7 heteroatoms. The lowest BCUT2D eigenvalue weighted by atomic mass is 9.96. The molecule has 0 saturated carbocycles. The Kier molecular flexibility index (Phi) is 5.67. The Labute approximate surface area is 189 Å². The van der Waals surface area contributed by atoms with Crippen molar-refractivity contribution < 1.29 is 14.7 Å². The molecule has 158 valence electrons. The van der Waals surface area contributed by atoms with Crippen molar-refractivity contribution in [2.75, 3.05) is 10.6 Å². The van der Waals surface area contributed by atoms with E-state index in [4.69, 9.17) is 11.6 Å². The number of nitriles is 1. The first-order chi connectivity index (χ1) is 15.4. The topological polar surface area (TPSA) is 102 Å². The van der Waals surface area contributed by atoms with Crippen LogP contribution >= 0.6 is 11.6 Å². The number of halogens is 1. The molecule has 0 bridgehead atoms. The third-order valence-corrected chi connectivity index (χ3v) is 5.52. The highest BCUT2D eigenvalue weighted by atomic mass is 35.5. The van der Waals surface area contributed by atoms with Crippen LogP contribution in [-0.2, 0) is 4.79 Å². The number of carbonyl (C=O) groups excluding carboxylic acids is 2. The molecule has 0 fully saturated rings. The summed E-state index contributed by atoms with van der Waals surface area (Å²) in [5.74, 6) is -0.268. The van der Waals surface area contributed by atoms with Gasteiger partial charge in [-0.15, -0.1) is 0 Å². The van der Waals surface area contributed by atoms with E-state index in [1.165, 1.54) is 12.1 Å². The van der Waals surface area contributed by atoms with Crippen molar-refractivity contribution in [3.05, 3.63) is 100 Å². The third-order valence-electron chi connectivity index (χ3n) is 5.32. The van der Waals surface area contributed by atoms with E-state index in [1.807, 2.05) is 12.1 Å². The van der Waals surface area contributed by atoms with Gasteiger partial charge in [0, 0.05) is 16.8 Å². The fourth-order valence-corrected chi connectivity index (χ4v) is 3.97. The van der Waals surface area contributed by atoms with Crippen LogP contribution < -0.4 is 10.6 Å². The van der Waals surface area contributed by atoms with Crippen LogP contribution in [0, 0.1) is 11.3 Å². The molecule has 32 heavy (non-hydrogen) atoms. The molecule has 1 atom stereocenters. The summed E-state index contributed by atoms with van der Waals surface area (Å²) < 4.78 is 0. The summed E-state index contributed by atoms with van der Waals surface area (Å²) in [6, 6.07) is 20.0. The van der Waals surface area contributed by atoms with Crippen LogP contribution in [0.25, 0.3) is 0 Å². The Morgan fingerprint density at radius 2 is 1.75 bits per heavy atom.